The first-order valence-corrected chi connectivity index (χ1v) is 7.95. The van der Waals surface area contributed by atoms with Crippen LogP contribution in [0.5, 0.6) is 0 Å². The minimum Gasteiger partial charge on any atom is -0.447 e. The standard InChI is InChI=1S/C17H19N7O2/c1-11(6-22-23-16(25)26-9-17(2,3)8-18)24-10-21-13-7-20-15-12(14(13)24)4-5-19-15/h4-5,7,10,22H,1,6,9H2,2-3H3,(H,19,20)(H,23,25). The van der Waals surface area contributed by atoms with Crippen molar-refractivity contribution >= 4 is 33.9 Å². The number of carbonyl (C=O) groups is 1. The summed E-state index contributed by atoms with van der Waals surface area (Å²) >= 11 is 0. The van der Waals surface area contributed by atoms with Crippen molar-refractivity contribution in [1.29, 1.82) is 5.26 Å². The molecule has 3 heterocycles. The summed E-state index contributed by atoms with van der Waals surface area (Å²) in [6.45, 7) is 7.69. The number of hydrazine groups is 1. The Morgan fingerprint density at radius 3 is 3.08 bits per heavy atom. The van der Waals surface area contributed by atoms with E-state index in [0.717, 1.165) is 22.1 Å². The number of aromatic amines is 1. The van der Waals surface area contributed by atoms with E-state index >= 15 is 0 Å². The molecular formula is C17H19N7O2. The van der Waals surface area contributed by atoms with Crippen LogP contribution in [0.3, 0.4) is 0 Å². The highest BCUT2D eigenvalue weighted by atomic mass is 16.6. The van der Waals surface area contributed by atoms with Gasteiger partial charge in [-0.15, -0.1) is 0 Å². The third kappa shape index (κ3) is 3.50. The van der Waals surface area contributed by atoms with Gasteiger partial charge in [0.1, 0.15) is 24.1 Å². The molecule has 0 atom stereocenters. The lowest BCUT2D eigenvalue weighted by atomic mass is 9.98. The maximum atomic E-state index is 11.7. The topological polar surface area (TPSA) is 121 Å². The zero-order valence-electron chi connectivity index (χ0n) is 14.5. The lowest BCUT2D eigenvalue weighted by molar-refractivity contribution is 0.114. The van der Waals surface area contributed by atoms with Crippen molar-refractivity contribution < 1.29 is 9.53 Å². The van der Waals surface area contributed by atoms with Gasteiger partial charge in [-0.1, -0.05) is 6.58 Å². The van der Waals surface area contributed by atoms with Crippen molar-refractivity contribution in [3.05, 3.63) is 31.4 Å². The van der Waals surface area contributed by atoms with Crippen LogP contribution < -0.4 is 10.9 Å². The van der Waals surface area contributed by atoms with Gasteiger partial charge < -0.3 is 14.3 Å². The Morgan fingerprint density at radius 2 is 2.31 bits per heavy atom. The molecule has 26 heavy (non-hydrogen) atoms. The lowest BCUT2D eigenvalue weighted by Crippen LogP contribution is -2.40. The van der Waals surface area contributed by atoms with E-state index in [9.17, 15) is 4.79 Å². The molecule has 9 nitrogen and oxygen atoms in total. The molecule has 3 N–H and O–H groups in total. The summed E-state index contributed by atoms with van der Waals surface area (Å²) in [5.74, 6) is 0. The van der Waals surface area contributed by atoms with E-state index in [1.165, 1.54) is 0 Å². The first-order valence-electron chi connectivity index (χ1n) is 7.95. The largest absolute Gasteiger partial charge is 0.447 e. The van der Waals surface area contributed by atoms with Crippen molar-refractivity contribution in [3.8, 4) is 6.07 Å². The number of nitrogens with zero attached hydrogens (tertiary/aromatic N) is 4. The summed E-state index contributed by atoms with van der Waals surface area (Å²) in [5.41, 5.74) is 7.53. The van der Waals surface area contributed by atoms with Gasteiger partial charge in [-0.25, -0.2) is 20.2 Å². The maximum absolute atomic E-state index is 11.7. The Bertz CT molecular complexity index is 1010. The number of nitrogens with one attached hydrogen (secondary N) is 3. The molecule has 1 amide bonds. The van der Waals surface area contributed by atoms with Gasteiger partial charge in [-0.2, -0.15) is 5.26 Å². The fourth-order valence-corrected chi connectivity index (χ4v) is 2.37. The fraction of sp³-hybridized carbons (Fsp3) is 0.294. The predicted molar refractivity (Wildman–Crippen MR) is 96.6 cm³/mol. The molecular weight excluding hydrogens is 334 g/mol. The molecule has 0 aliphatic carbocycles. The molecule has 0 saturated heterocycles. The highest BCUT2D eigenvalue weighted by Gasteiger charge is 2.19. The number of hydrogen-bond acceptors (Lipinski definition) is 6. The molecule has 0 spiro atoms. The van der Waals surface area contributed by atoms with Crippen molar-refractivity contribution in [2.45, 2.75) is 13.8 Å². The van der Waals surface area contributed by atoms with Gasteiger partial charge in [0.2, 0.25) is 0 Å². The number of imidazole rings is 1. The third-order valence-electron chi connectivity index (χ3n) is 3.78. The van der Waals surface area contributed by atoms with Crippen molar-refractivity contribution in [2.75, 3.05) is 13.2 Å². The minimum atomic E-state index is -0.730. The number of ether oxygens (including phenoxy) is 1. The van der Waals surface area contributed by atoms with Crippen LogP contribution in [0.25, 0.3) is 27.8 Å². The van der Waals surface area contributed by atoms with Gasteiger partial charge in [0.05, 0.1) is 29.7 Å². The second-order valence-electron chi connectivity index (χ2n) is 6.46. The first kappa shape index (κ1) is 17.4. The Labute approximate surface area is 149 Å². The van der Waals surface area contributed by atoms with Crippen LogP contribution in [-0.2, 0) is 4.74 Å². The number of pyridine rings is 1. The van der Waals surface area contributed by atoms with Crippen LogP contribution in [0.15, 0.2) is 31.4 Å². The molecule has 0 aliphatic heterocycles. The zero-order valence-corrected chi connectivity index (χ0v) is 14.5. The molecule has 0 unspecified atom stereocenters. The van der Waals surface area contributed by atoms with E-state index < -0.39 is 11.5 Å². The smallest absolute Gasteiger partial charge is 0.421 e. The SMILES string of the molecule is C=C(CNNC(=O)OCC(C)(C)C#N)n1cnc2cnc3[nH]ccc3c21. The van der Waals surface area contributed by atoms with Crippen LogP contribution in [0.4, 0.5) is 4.79 Å². The Balaban J connectivity index is 1.61. The Morgan fingerprint density at radius 1 is 1.50 bits per heavy atom. The Hall–Kier alpha value is -3.38. The van der Waals surface area contributed by atoms with Crippen LogP contribution in [-0.4, -0.2) is 38.8 Å². The average molecular weight is 353 g/mol. The van der Waals surface area contributed by atoms with Gasteiger partial charge in [-0.3, -0.25) is 5.43 Å². The first-order chi connectivity index (χ1) is 12.4. The van der Waals surface area contributed by atoms with Crippen molar-refractivity contribution in [1.82, 2.24) is 30.4 Å². The molecule has 3 aromatic rings. The van der Waals surface area contributed by atoms with Gasteiger partial charge in [0, 0.05) is 17.3 Å². The highest BCUT2D eigenvalue weighted by molar-refractivity contribution is 6.02. The van der Waals surface area contributed by atoms with Gasteiger partial charge in [-0.05, 0) is 19.9 Å². The van der Waals surface area contributed by atoms with Gasteiger partial charge in [0.25, 0.3) is 0 Å². The van der Waals surface area contributed by atoms with E-state index in [0.29, 0.717) is 5.70 Å². The van der Waals surface area contributed by atoms with E-state index in [1.807, 2.05) is 16.8 Å². The highest BCUT2D eigenvalue weighted by Crippen LogP contribution is 2.23. The summed E-state index contributed by atoms with van der Waals surface area (Å²) in [6.07, 6.45) is 4.51. The molecule has 0 aromatic carbocycles. The molecule has 0 saturated carbocycles. The molecule has 0 radical (unpaired) electrons. The van der Waals surface area contributed by atoms with E-state index in [4.69, 9.17) is 10.00 Å². The molecule has 0 fully saturated rings. The second-order valence-corrected chi connectivity index (χ2v) is 6.46. The third-order valence-corrected chi connectivity index (χ3v) is 3.78. The molecule has 3 aromatic heterocycles. The zero-order chi connectivity index (χ0) is 18.7. The number of hydrogen-bond donors (Lipinski definition) is 3. The number of aromatic nitrogens is 4. The number of nitriles is 1. The number of rotatable bonds is 6. The number of carbonyl (C=O) groups excluding carboxylic acids is 1. The summed E-state index contributed by atoms with van der Waals surface area (Å²) < 4.78 is 6.83. The van der Waals surface area contributed by atoms with Crippen molar-refractivity contribution in [3.63, 3.8) is 0 Å². The van der Waals surface area contributed by atoms with Crippen LogP contribution in [0.1, 0.15) is 13.8 Å². The fourth-order valence-electron chi connectivity index (χ4n) is 2.37. The number of amides is 1. The van der Waals surface area contributed by atoms with E-state index in [1.54, 1.807) is 26.4 Å². The molecule has 0 aliphatic rings. The quantitative estimate of drug-likeness (QED) is 0.584. The summed E-state index contributed by atoms with van der Waals surface area (Å²) in [4.78, 5) is 23.4. The monoisotopic (exact) mass is 353 g/mol. The van der Waals surface area contributed by atoms with Crippen LogP contribution >= 0.6 is 0 Å². The average Bonchev–Trinajstić information content (AvgIpc) is 3.25. The molecule has 134 valence electrons. The maximum Gasteiger partial charge on any atom is 0.421 e. The normalized spacial score (nSPS) is 11.4. The van der Waals surface area contributed by atoms with Crippen LogP contribution in [0.2, 0.25) is 0 Å². The summed E-state index contributed by atoms with van der Waals surface area (Å²) in [5, 5.41) is 9.84. The lowest BCUT2D eigenvalue weighted by Gasteiger charge is -2.16. The molecule has 9 heteroatoms. The minimum absolute atomic E-state index is 0.00257. The van der Waals surface area contributed by atoms with Crippen LogP contribution in [0, 0.1) is 16.7 Å². The molecule has 3 rings (SSSR count). The predicted octanol–water partition coefficient (Wildman–Crippen LogP) is 2.16. The number of fused-ring (bicyclic) bond motifs is 3. The van der Waals surface area contributed by atoms with Gasteiger partial charge >= 0.3 is 6.09 Å². The number of H-pyrrole nitrogens is 1. The summed E-state index contributed by atoms with van der Waals surface area (Å²) in [6, 6.07) is 3.99. The van der Waals surface area contributed by atoms with Crippen molar-refractivity contribution in [2.24, 2.45) is 5.41 Å². The second kappa shape index (κ2) is 6.85. The van der Waals surface area contributed by atoms with E-state index in [-0.39, 0.29) is 13.2 Å². The Kier molecular flexibility index (Phi) is 4.60. The summed E-state index contributed by atoms with van der Waals surface area (Å²) in [7, 11) is 0. The molecule has 0 bridgehead atoms. The van der Waals surface area contributed by atoms with E-state index in [2.05, 4.69) is 38.5 Å². The van der Waals surface area contributed by atoms with Gasteiger partial charge in [0.15, 0.2) is 0 Å².